The van der Waals surface area contributed by atoms with E-state index in [4.69, 9.17) is 9.15 Å². The van der Waals surface area contributed by atoms with Crippen LogP contribution in [0, 0.1) is 0 Å². The minimum absolute atomic E-state index is 0.0925. The van der Waals surface area contributed by atoms with E-state index in [1.54, 1.807) is 26.8 Å². The van der Waals surface area contributed by atoms with Gasteiger partial charge in [-0.3, -0.25) is 10.2 Å². The van der Waals surface area contributed by atoms with E-state index >= 15 is 0 Å². The Bertz CT molecular complexity index is 656. The SMILES string of the molecule is CC(C)(C)OC(=O)NNC(=O)c1ccc(-c2ccccc2)o1. The van der Waals surface area contributed by atoms with Gasteiger partial charge in [-0.15, -0.1) is 0 Å². The first-order chi connectivity index (χ1) is 10.3. The minimum Gasteiger partial charge on any atom is -0.451 e. The smallest absolute Gasteiger partial charge is 0.426 e. The van der Waals surface area contributed by atoms with E-state index in [1.165, 1.54) is 6.07 Å². The van der Waals surface area contributed by atoms with Crippen LogP contribution in [-0.4, -0.2) is 17.6 Å². The highest BCUT2D eigenvalue weighted by Crippen LogP contribution is 2.21. The van der Waals surface area contributed by atoms with Crippen molar-refractivity contribution in [2.45, 2.75) is 26.4 Å². The standard InChI is InChI=1S/C16H18N2O4/c1-16(2,3)22-15(20)18-17-14(19)13-10-9-12(21-13)11-7-5-4-6-8-11/h4-10H,1-3H3,(H,17,19)(H,18,20). The van der Waals surface area contributed by atoms with Crippen molar-refractivity contribution in [3.8, 4) is 11.3 Å². The van der Waals surface area contributed by atoms with Crippen LogP contribution in [0.4, 0.5) is 4.79 Å². The van der Waals surface area contributed by atoms with Crippen LogP contribution in [-0.2, 0) is 4.74 Å². The Morgan fingerprint density at radius 2 is 1.68 bits per heavy atom. The molecule has 1 aromatic carbocycles. The Kier molecular flexibility index (Phi) is 4.50. The van der Waals surface area contributed by atoms with Crippen molar-refractivity contribution < 1.29 is 18.7 Å². The fourth-order valence-electron chi connectivity index (χ4n) is 1.69. The summed E-state index contributed by atoms with van der Waals surface area (Å²) in [5.74, 6) is 0.103. The van der Waals surface area contributed by atoms with Crippen LogP contribution in [0.2, 0.25) is 0 Å². The van der Waals surface area contributed by atoms with Crippen molar-refractivity contribution in [1.82, 2.24) is 10.9 Å². The highest BCUT2D eigenvalue weighted by Gasteiger charge is 2.18. The van der Waals surface area contributed by atoms with Crippen molar-refractivity contribution in [2.75, 3.05) is 0 Å². The van der Waals surface area contributed by atoms with Gasteiger partial charge in [0, 0.05) is 5.56 Å². The van der Waals surface area contributed by atoms with Gasteiger partial charge in [-0.2, -0.15) is 0 Å². The minimum atomic E-state index is -0.740. The lowest BCUT2D eigenvalue weighted by Crippen LogP contribution is -2.44. The molecule has 0 saturated heterocycles. The van der Waals surface area contributed by atoms with Gasteiger partial charge in [-0.1, -0.05) is 30.3 Å². The number of carbonyl (C=O) groups is 2. The van der Waals surface area contributed by atoms with Gasteiger partial charge >= 0.3 is 12.0 Å². The third kappa shape index (κ3) is 4.37. The Balaban J connectivity index is 1.94. The molecule has 2 aromatic rings. The summed E-state index contributed by atoms with van der Waals surface area (Å²) in [6, 6.07) is 12.6. The van der Waals surface area contributed by atoms with Crippen LogP contribution in [0.1, 0.15) is 31.3 Å². The highest BCUT2D eigenvalue weighted by molar-refractivity contribution is 5.92. The number of hydrazine groups is 1. The second kappa shape index (κ2) is 6.34. The normalized spacial score (nSPS) is 10.9. The summed E-state index contributed by atoms with van der Waals surface area (Å²) in [6.07, 6.45) is -0.740. The molecule has 1 heterocycles. The number of carbonyl (C=O) groups excluding carboxylic acids is 2. The third-order valence-corrected chi connectivity index (χ3v) is 2.57. The van der Waals surface area contributed by atoms with E-state index < -0.39 is 17.6 Å². The third-order valence-electron chi connectivity index (χ3n) is 2.57. The zero-order chi connectivity index (χ0) is 16.2. The summed E-state index contributed by atoms with van der Waals surface area (Å²) < 4.78 is 10.5. The van der Waals surface area contributed by atoms with E-state index in [9.17, 15) is 9.59 Å². The molecule has 0 atom stereocenters. The van der Waals surface area contributed by atoms with Gasteiger partial charge in [0.15, 0.2) is 5.76 Å². The zero-order valence-corrected chi connectivity index (χ0v) is 12.7. The van der Waals surface area contributed by atoms with Crippen molar-refractivity contribution in [2.24, 2.45) is 0 Å². The first-order valence-electron chi connectivity index (χ1n) is 6.80. The number of ether oxygens (including phenoxy) is 1. The molecule has 2 rings (SSSR count). The lowest BCUT2D eigenvalue weighted by atomic mass is 10.2. The molecule has 0 unspecified atom stereocenters. The molecule has 0 aliphatic carbocycles. The van der Waals surface area contributed by atoms with Crippen molar-refractivity contribution >= 4 is 12.0 Å². The molecule has 116 valence electrons. The Morgan fingerprint density at radius 3 is 2.32 bits per heavy atom. The van der Waals surface area contributed by atoms with Gasteiger partial charge in [0.25, 0.3) is 0 Å². The van der Waals surface area contributed by atoms with Crippen molar-refractivity contribution in [1.29, 1.82) is 0 Å². The summed E-state index contributed by atoms with van der Waals surface area (Å²) in [7, 11) is 0. The van der Waals surface area contributed by atoms with Gasteiger partial charge in [0.05, 0.1) is 0 Å². The second-order valence-corrected chi connectivity index (χ2v) is 5.61. The predicted octanol–water partition coefficient (Wildman–Crippen LogP) is 3.12. The van der Waals surface area contributed by atoms with Gasteiger partial charge < -0.3 is 9.15 Å². The van der Waals surface area contributed by atoms with Gasteiger partial charge in [-0.05, 0) is 32.9 Å². The number of amides is 2. The van der Waals surface area contributed by atoms with Crippen molar-refractivity contribution in [3.63, 3.8) is 0 Å². The number of furan rings is 1. The van der Waals surface area contributed by atoms with Crippen LogP contribution >= 0.6 is 0 Å². The summed E-state index contributed by atoms with van der Waals surface area (Å²) >= 11 is 0. The number of nitrogens with one attached hydrogen (secondary N) is 2. The number of hydrogen-bond acceptors (Lipinski definition) is 4. The average molecular weight is 302 g/mol. The van der Waals surface area contributed by atoms with Gasteiger partial charge in [0.2, 0.25) is 0 Å². The van der Waals surface area contributed by atoms with E-state index in [0.717, 1.165) is 5.56 Å². The topological polar surface area (TPSA) is 80.6 Å². The van der Waals surface area contributed by atoms with E-state index in [-0.39, 0.29) is 5.76 Å². The fourth-order valence-corrected chi connectivity index (χ4v) is 1.69. The molecular weight excluding hydrogens is 284 g/mol. The van der Waals surface area contributed by atoms with Crippen molar-refractivity contribution in [3.05, 3.63) is 48.2 Å². The summed E-state index contributed by atoms with van der Waals surface area (Å²) in [4.78, 5) is 23.3. The number of hydrogen-bond donors (Lipinski definition) is 2. The van der Waals surface area contributed by atoms with E-state index in [0.29, 0.717) is 5.76 Å². The van der Waals surface area contributed by atoms with Gasteiger partial charge in [0.1, 0.15) is 11.4 Å². The van der Waals surface area contributed by atoms with Gasteiger partial charge in [-0.25, -0.2) is 10.2 Å². The monoisotopic (exact) mass is 302 g/mol. The quantitative estimate of drug-likeness (QED) is 0.835. The second-order valence-electron chi connectivity index (χ2n) is 5.61. The first-order valence-corrected chi connectivity index (χ1v) is 6.80. The average Bonchev–Trinajstić information content (AvgIpc) is 2.94. The molecule has 6 nitrogen and oxygen atoms in total. The van der Waals surface area contributed by atoms with Crippen LogP contribution in [0.5, 0.6) is 0 Å². The van der Waals surface area contributed by atoms with E-state index in [2.05, 4.69) is 10.9 Å². The van der Waals surface area contributed by atoms with Crippen LogP contribution in [0.3, 0.4) is 0 Å². The number of rotatable bonds is 2. The fraction of sp³-hybridized carbons (Fsp3) is 0.250. The molecule has 0 spiro atoms. The largest absolute Gasteiger partial charge is 0.451 e. The molecule has 1 aromatic heterocycles. The molecular formula is C16H18N2O4. The highest BCUT2D eigenvalue weighted by atomic mass is 16.6. The van der Waals surface area contributed by atoms with Crippen LogP contribution in [0.15, 0.2) is 46.9 Å². The molecule has 0 aliphatic heterocycles. The summed E-state index contributed by atoms with van der Waals surface area (Å²) in [6.45, 7) is 5.19. The lowest BCUT2D eigenvalue weighted by molar-refractivity contribution is 0.0481. The molecule has 0 radical (unpaired) electrons. The Morgan fingerprint density at radius 1 is 1.00 bits per heavy atom. The molecule has 0 aliphatic rings. The predicted molar refractivity (Wildman–Crippen MR) is 81.0 cm³/mol. The van der Waals surface area contributed by atoms with Crippen LogP contribution < -0.4 is 10.9 Å². The maximum absolute atomic E-state index is 11.9. The molecule has 22 heavy (non-hydrogen) atoms. The summed E-state index contributed by atoms with van der Waals surface area (Å²) in [5, 5.41) is 0. The molecule has 6 heteroatoms. The van der Waals surface area contributed by atoms with Crippen LogP contribution in [0.25, 0.3) is 11.3 Å². The zero-order valence-electron chi connectivity index (χ0n) is 12.7. The first kappa shape index (κ1) is 15.6. The Labute approximate surface area is 128 Å². The lowest BCUT2D eigenvalue weighted by Gasteiger charge is -2.19. The molecule has 0 fully saturated rings. The molecule has 2 N–H and O–H groups in total. The van der Waals surface area contributed by atoms with E-state index in [1.807, 2.05) is 30.3 Å². The number of benzene rings is 1. The maximum atomic E-state index is 11.9. The molecule has 2 amide bonds. The Hall–Kier alpha value is -2.76. The molecule has 0 saturated carbocycles. The molecule has 0 bridgehead atoms. The maximum Gasteiger partial charge on any atom is 0.426 e. The summed E-state index contributed by atoms with van der Waals surface area (Å²) in [5.41, 5.74) is 4.62.